The van der Waals surface area contributed by atoms with E-state index < -0.39 is 0 Å². The smallest absolute Gasteiger partial charge is 0.253 e. The highest BCUT2D eigenvalue weighted by Gasteiger charge is 2.09. The Morgan fingerprint density at radius 2 is 1.81 bits per heavy atom. The Kier molecular flexibility index (Phi) is 5.37. The molecule has 0 saturated carbocycles. The molecule has 0 unspecified atom stereocenters. The van der Waals surface area contributed by atoms with Crippen LogP contribution in [0.5, 0.6) is 0 Å². The van der Waals surface area contributed by atoms with E-state index in [-0.39, 0.29) is 5.91 Å². The van der Waals surface area contributed by atoms with Crippen molar-refractivity contribution in [2.24, 2.45) is 5.73 Å². The van der Waals surface area contributed by atoms with Crippen LogP contribution in [0.1, 0.15) is 27.0 Å². The summed E-state index contributed by atoms with van der Waals surface area (Å²) in [7, 11) is 0. The quantitative estimate of drug-likeness (QED) is 0.892. The van der Waals surface area contributed by atoms with Gasteiger partial charge < -0.3 is 11.1 Å². The first-order valence-electron chi connectivity index (χ1n) is 6.92. The number of nitrogens with two attached hydrogens (primary N) is 1. The first kappa shape index (κ1) is 15.5. The van der Waals surface area contributed by atoms with Crippen LogP contribution in [0.4, 0.5) is 0 Å². The third kappa shape index (κ3) is 4.31. The van der Waals surface area contributed by atoms with Crippen molar-refractivity contribution in [2.75, 3.05) is 6.54 Å². The molecular formula is C17H19ClN2O. The van der Waals surface area contributed by atoms with Crippen molar-refractivity contribution in [3.05, 3.63) is 69.7 Å². The van der Waals surface area contributed by atoms with Crippen LogP contribution in [-0.2, 0) is 13.0 Å². The molecule has 4 heteroatoms. The van der Waals surface area contributed by atoms with Crippen molar-refractivity contribution < 1.29 is 4.79 Å². The fraction of sp³-hybridized carbons (Fsp3) is 0.235. The number of nitrogens with one attached hydrogen (secondary N) is 1. The zero-order valence-corrected chi connectivity index (χ0v) is 12.8. The molecule has 3 N–H and O–H groups in total. The highest BCUT2D eigenvalue weighted by Crippen LogP contribution is 2.17. The Hall–Kier alpha value is -1.84. The van der Waals surface area contributed by atoms with E-state index in [0.29, 0.717) is 23.7 Å². The molecule has 2 aromatic rings. The molecule has 0 aliphatic heterocycles. The molecule has 2 rings (SSSR count). The van der Waals surface area contributed by atoms with E-state index in [0.717, 1.165) is 17.5 Å². The SMILES string of the molecule is Cc1ccc(C(=O)NCc2ccc(CCN)cc2)c(Cl)c1. The summed E-state index contributed by atoms with van der Waals surface area (Å²) in [6.45, 7) is 3.06. The fourth-order valence-electron chi connectivity index (χ4n) is 2.07. The van der Waals surface area contributed by atoms with Crippen LogP contribution in [0.3, 0.4) is 0 Å². The molecule has 3 nitrogen and oxygen atoms in total. The predicted octanol–water partition coefficient (Wildman–Crippen LogP) is 3.08. The average Bonchev–Trinajstić information content (AvgIpc) is 2.46. The maximum absolute atomic E-state index is 12.1. The number of aryl methyl sites for hydroxylation is 1. The molecule has 110 valence electrons. The second-order valence-corrected chi connectivity index (χ2v) is 5.43. The Bertz CT molecular complexity index is 623. The lowest BCUT2D eigenvalue weighted by Gasteiger charge is -2.08. The first-order valence-corrected chi connectivity index (χ1v) is 7.30. The summed E-state index contributed by atoms with van der Waals surface area (Å²) in [6, 6.07) is 13.5. The fourth-order valence-corrected chi connectivity index (χ4v) is 2.39. The van der Waals surface area contributed by atoms with Crippen molar-refractivity contribution in [3.63, 3.8) is 0 Å². The zero-order chi connectivity index (χ0) is 15.2. The van der Waals surface area contributed by atoms with Gasteiger partial charge in [-0.05, 0) is 48.7 Å². The minimum absolute atomic E-state index is 0.161. The second-order valence-electron chi connectivity index (χ2n) is 5.02. The van der Waals surface area contributed by atoms with Crippen molar-refractivity contribution in [2.45, 2.75) is 19.9 Å². The van der Waals surface area contributed by atoms with E-state index in [1.807, 2.05) is 37.3 Å². The van der Waals surface area contributed by atoms with Crippen molar-refractivity contribution >= 4 is 17.5 Å². The number of carbonyl (C=O) groups is 1. The van der Waals surface area contributed by atoms with Crippen molar-refractivity contribution in [3.8, 4) is 0 Å². The molecule has 0 fully saturated rings. The molecule has 2 aromatic carbocycles. The molecule has 21 heavy (non-hydrogen) atoms. The lowest BCUT2D eigenvalue weighted by Crippen LogP contribution is -2.23. The van der Waals surface area contributed by atoms with Gasteiger partial charge in [0.05, 0.1) is 10.6 Å². The Balaban J connectivity index is 1.97. The van der Waals surface area contributed by atoms with Gasteiger partial charge in [0.1, 0.15) is 0 Å². The topological polar surface area (TPSA) is 55.1 Å². The van der Waals surface area contributed by atoms with Gasteiger partial charge >= 0.3 is 0 Å². The highest BCUT2D eigenvalue weighted by molar-refractivity contribution is 6.33. The number of halogens is 1. The van der Waals surface area contributed by atoms with Crippen LogP contribution >= 0.6 is 11.6 Å². The van der Waals surface area contributed by atoms with Crippen molar-refractivity contribution in [1.82, 2.24) is 5.32 Å². The largest absolute Gasteiger partial charge is 0.348 e. The predicted molar refractivity (Wildman–Crippen MR) is 86.6 cm³/mol. The van der Waals surface area contributed by atoms with Gasteiger partial charge in [-0.2, -0.15) is 0 Å². The third-order valence-corrected chi connectivity index (χ3v) is 3.59. The standard InChI is InChI=1S/C17H19ClN2O/c1-12-2-7-15(16(18)10-12)17(21)20-11-14-5-3-13(4-6-14)8-9-19/h2-7,10H,8-9,11,19H2,1H3,(H,20,21). The number of benzene rings is 2. The number of amides is 1. The molecule has 0 heterocycles. The molecular weight excluding hydrogens is 284 g/mol. The molecule has 0 radical (unpaired) electrons. The lowest BCUT2D eigenvalue weighted by molar-refractivity contribution is 0.0951. The summed E-state index contributed by atoms with van der Waals surface area (Å²) >= 11 is 6.09. The molecule has 0 aliphatic carbocycles. The summed E-state index contributed by atoms with van der Waals surface area (Å²) in [5.41, 5.74) is 9.30. The van der Waals surface area contributed by atoms with Crippen LogP contribution in [0.25, 0.3) is 0 Å². The summed E-state index contributed by atoms with van der Waals surface area (Å²) in [5.74, 6) is -0.161. The average molecular weight is 303 g/mol. The monoisotopic (exact) mass is 302 g/mol. The summed E-state index contributed by atoms with van der Waals surface area (Å²) in [4.78, 5) is 12.1. The molecule has 0 aromatic heterocycles. The second kappa shape index (κ2) is 7.25. The normalized spacial score (nSPS) is 10.4. The summed E-state index contributed by atoms with van der Waals surface area (Å²) in [5, 5.41) is 3.36. The maximum atomic E-state index is 12.1. The molecule has 0 bridgehead atoms. The molecule has 1 amide bonds. The Morgan fingerprint density at radius 3 is 2.43 bits per heavy atom. The van der Waals surface area contributed by atoms with E-state index in [1.165, 1.54) is 5.56 Å². The van der Waals surface area contributed by atoms with Gasteiger partial charge in [0.2, 0.25) is 0 Å². The lowest BCUT2D eigenvalue weighted by atomic mass is 10.1. The van der Waals surface area contributed by atoms with E-state index in [9.17, 15) is 4.79 Å². The van der Waals surface area contributed by atoms with Crippen molar-refractivity contribution in [1.29, 1.82) is 0 Å². The van der Waals surface area contributed by atoms with Gasteiger partial charge in [0.15, 0.2) is 0 Å². The van der Waals surface area contributed by atoms with Gasteiger partial charge in [0.25, 0.3) is 5.91 Å². The van der Waals surface area contributed by atoms with Gasteiger partial charge in [-0.25, -0.2) is 0 Å². The van der Waals surface area contributed by atoms with Crippen LogP contribution in [0.15, 0.2) is 42.5 Å². The van der Waals surface area contributed by atoms with Crippen LogP contribution in [0.2, 0.25) is 5.02 Å². The third-order valence-electron chi connectivity index (χ3n) is 3.28. The number of carbonyl (C=O) groups excluding carboxylic acids is 1. The maximum Gasteiger partial charge on any atom is 0.253 e. The molecule has 0 spiro atoms. The minimum atomic E-state index is -0.161. The Labute approximate surface area is 130 Å². The highest BCUT2D eigenvalue weighted by atomic mass is 35.5. The number of hydrogen-bond acceptors (Lipinski definition) is 2. The molecule has 0 saturated heterocycles. The zero-order valence-electron chi connectivity index (χ0n) is 12.0. The van der Waals surface area contributed by atoms with Gasteiger partial charge in [-0.15, -0.1) is 0 Å². The van der Waals surface area contributed by atoms with E-state index >= 15 is 0 Å². The minimum Gasteiger partial charge on any atom is -0.348 e. The van der Waals surface area contributed by atoms with Gasteiger partial charge in [-0.1, -0.05) is 41.9 Å². The molecule has 0 atom stereocenters. The van der Waals surface area contributed by atoms with Gasteiger partial charge in [-0.3, -0.25) is 4.79 Å². The van der Waals surface area contributed by atoms with E-state index in [1.54, 1.807) is 12.1 Å². The Morgan fingerprint density at radius 1 is 1.14 bits per heavy atom. The van der Waals surface area contributed by atoms with Crippen LogP contribution in [0, 0.1) is 6.92 Å². The number of rotatable bonds is 5. The van der Waals surface area contributed by atoms with E-state index in [2.05, 4.69) is 5.32 Å². The summed E-state index contributed by atoms with van der Waals surface area (Å²) < 4.78 is 0. The first-order chi connectivity index (χ1) is 10.1. The van der Waals surface area contributed by atoms with Crippen LogP contribution in [-0.4, -0.2) is 12.5 Å². The molecule has 0 aliphatic rings. The van der Waals surface area contributed by atoms with Crippen LogP contribution < -0.4 is 11.1 Å². The van der Waals surface area contributed by atoms with Gasteiger partial charge in [0, 0.05) is 6.54 Å². The summed E-state index contributed by atoms with van der Waals surface area (Å²) in [6.07, 6.45) is 0.867. The van der Waals surface area contributed by atoms with E-state index in [4.69, 9.17) is 17.3 Å². The number of hydrogen-bond donors (Lipinski definition) is 2.